The van der Waals surface area contributed by atoms with Crippen LogP contribution in [-0.2, 0) is 6.42 Å². The van der Waals surface area contributed by atoms with Crippen molar-refractivity contribution in [2.45, 2.75) is 27.2 Å². The van der Waals surface area contributed by atoms with Gasteiger partial charge in [0.25, 0.3) is 0 Å². The molecule has 0 N–H and O–H groups in total. The second-order valence-electron chi connectivity index (χ2n) is 4.07. The van der Waals surface area contributed by atoms with Gasteiger partial charge in [-0.05, 0) is 50.1 Å². The number of aryl methyl sites for hydroxylation is 2. The van der Waals surface area contributed by atoms with E-state index >= 15 is 0 Å². The van der Waals surface area contributed by atoms with Crippen molar-refractivity contribution >= 4 is 16.7 Å². The second kappa shape index (κ2) is 4.05. The fourth-order valence-electron chi connectivity index (χ4n) is 1.90. The van der Waals surface area contributed by atoms with Gasteiger partial charge in [-0.1, -0.05) is 6.92 Å². The van der Waals surface area contributed by atoms with Crippen molar-refractivity contribution in [2.24, 2.45) is 0 Å². The zero-order valence-electron chi connectivity index (χ0n) is 9.87. The first-order chi connectivity index (χ1) is 7.61. The first kappa shape index (κ1) is 10.8. The summed E-state index contributed by atoms with van der Waals surface area (Å²) in [5.41, 5.74) is 4.03. The molecule has 0 radical (unpaired) electrons. The van der Waals surface area contributed by atoms with Crippen LogP contribution in [0.15, 0.2) is 24.3 Å². The molecule has 0 bridgehead atoms. The predicted octanol–water partition coefficient (Wildman–Crippen LogP) is 3.31. The number of pyridine rings is 1. The Kier molecular flexibility index (Phi) is 2.73. The van der Waals surface area contributed by atoms with Gasteiger partial charge in [0.15, 0.2) is 5.78 Å². The monoisotopic (exact) mass is 213 g/mol. The van der Waals surface area contributed by atoms with Gasteiger partial charge in [0, 0.05) is 16.6 Å². The number of rotatable bonds is 2. The van der Waals surface area contributed by atoms with E-state index in [4.69, 9.17) is 0 Å². The lowest BCUT2D eigenvalue weighted by atomic mass is 10.0. The maximum absolute atomic E-state index is 11.3. The van der Waals surface area contributed by atoms with Crippen LogP contribution in [0, 0.1) is 6.92 Å². The Morgan fingerprint density at radius 2 is 2.06 bits per heavy atom. The first-order valence-electron chi connectivity index (χ1n) is 5.53. The summed E-state index contributed by atoms with van der Waals surface area (Å²) in [4.78, 5) is 15.9. The van der Waals surface area contributed by atoms with Gasteiger partial charge in [0.1, 0.15) is 0 Å². The Bertz CT molecular complexity index is 558. The van der Waals surface area contributed by atoms with Crippen LogP contribution < -0.4 is 0 Å². The molecule has 0 aliphatic rings. The number of Topliss-reactive ketones (excluding diaryl/α,β-unsaturated/α-hetero) is 1. The normalized spacial score (nSPS) is 10.7. The molecule has 0 aliphatic heterocycles. The lowest BCUT2D eigenvalue weighted by Crippen LogP contribution is -1.95. The van der Waals surface area contributed by atoms with E-state index in [1.807, 2.05) is 18.2 Å². The van der Waals surface area contributed by atoms with Crippen LogP contribution in [0.25, 0.3) is 10.9 Å². The van der Waals surface area contributed by atoms with E-state index in [1.165, 1.54) is 5.56 Å². The number of carbonyl (C=O) groups excluding carboxylic acids is 1. The van der Waals surface area contributed by atoms with Gasteiger partial charge >= 0.3 is 0 Å². The zero-order valence-corrected chi connectivity index (χ0v) is 9.87. The van der Waals surface area contributed by atoms with E-state index in [2.05, 4.69) is 24.9 Å². The molecule has 1 heterocycles. The number of hydrogen-bond acceptors (Lipinski definition) is 2. The maximum atomic E-state index is 11.3. The minimum Gasteiger partial charge on any atom is -0.295 e. The summed E-state index contributed by atoms with van der Waals surface area (Å²) >= 11 is 0. The standard InChI is InChI=1S/C14H15NO/c1-4-13-9(2)7-12-8-11(10(3)16)5-6-14(12)15-13/h5-8H,4H2,1-3H3. The summed E-state index contributed by atoms with van der Waals surface area (Å²) in [5.74, 6) is 0.0964. The summed E-state index contributed by atoms with van der Waals surface area (Å²) < 4.78 is 0. The molecule has 1 aromatic carbocycles. The van der Waals surface area contributed by atoms with Crippen LogP contribution in [0.2, 0.25) is 0 Å². The molecular formula is C14H15NO. The van der Waals surface area contributed by atoms with E-state index in [9.17, 15) is 4.79 Å². The molecule has 2 aromatic rings. The molecule has 0 atom stereocenters. The molecule has 0 saturated heterocycles. The molecule has 2 rings (SSSR count). The minimum absolute atomic E-state index is 0.0964. The molecule has 1 aromatic heterocycles. The van der Waals surface area contributed by atoms with Gasteiger partial charge in [-0.2, -0.15) is 0 Å². The molecular weight excluding hydrogens is 198 g/mol. The number of hydrogen-bond donors (Lipinski definition) is 0. The Morgan fingerprint density at radius 1 is 1.31 bits per heavy atom. The van der Waals surface area contributed by atoms with Crippen LogP contribution >= 0.6 is 0 Å². The highest BCUT2D eigenvalue weighted by Gasteiger charge is 2.04. The molecule has 16 heavy (non-hydrogen) atoms. The van der Waals surface area contributed by atoms with Crippen LogP contribution in [0.5, 0.6) is 0 Å². The number of ketones is 1. The fraction of sp³-hybridized carbons (Fsp3) is 0.286. The molecule has 2 nitrogen and oxygen atoms in total. The number of carbonyl (C=O) groups is 1. The van der Waals surface area contributed by atoms with E-state index in [1.54, 1.807) is 6.92 Å². The van der Waals surface area contributed by atoms with E-state index < -0.39 is 0 Å². The summed E-state index contributed by atoms with van der Waals surface area (Å²) in [6.45, 7) is 5.75. The van der Waals surface area contributed by atoms with E-state index in [-0.39, 0.29) is 5.78 Å². The Hall–Kier alpha value is -1.70. The number of nitrogens with zero attached hydrogens (tertiary/aromatic N) is 1. The molecule has 0 saturated carbocycles. The third-order valence-electron chi connectivity index (χ3n) is 2.85. The van der Waals surface area contributed by atoms with E-state index in [0.717, 1.165) is 28.6 Å². The van der Waals surface area contributed by atoms with Gasteiger partial charge in [-0.15, -0.1) is 0 Å². The smallest absolute Gasteiger partial charge is 0.159 e. The van der Waals surface area contributed by atoms with Gasteiger partial charge < -0.3 is 0 Å². The maximum Gasteiger partial charge on any atom is 0.159 e. The molecule has 2 heteroatoms. The number of fused-ring (bicyclic) bond motifs is 1. The Balaban J connectivity index is 2.66. The van der Waals surface area contributed by atoms with Gasteiger partial charge in [-0.25, -0.2) is 0 Å². The van der Waals surface area contributed by atoms with Gasteiger partial charge in [0.2, 0.25) is 0 Å². The highest BCUT2D eigenvalue weighted by Crippen LogP contribution is 2.18. The largest absolute Gasteiger partial charge is 0.295 e. The molecule has 0 aliphatic carbocycles. The molecule has 0 unspecified atom stereocenters. The fourth-order valence-corrected chi connectivity index (χ4v) is 1.90. The van der Waals surface area contributed by atoms with Crippen molar-refractivity contribution in [3.8, 4) is 0 Å². The topological polar surface area (TPSA) is 30.0 Å². The predicted molar refractivity (Wildman–Crippen MR) is 65.9 cm³/mol. The molecule has 0 fully saturated rings. The Labute approximate surface area is 95.3 Å². The second-order valence-corrected chi connectivity index (χ2v) is 4.07. The van der Waals surface area contributed by atoms with Crippen molar-refractivity contribution in [1.29, 1.82) is 0 Å². The third-order valence-corrected chi connectivity index (χ3v) is 2.85. The highest BCUT2D eigenvalue weighted by atomic mass is 16.1. The minimum atomic E-state index is 0.0964. The average molecular weight is 213 g/mol. The first-order valence-corrected chi connectivity index (χ1v) is 5.53. The summed E-state index contributed by atoms with van der Waals surface area (Å²) in [5, 5.41) is 1.04. The van der Waals surface area contributed by atoms with Gasteiger partial charge in [-0.3, -0.25) is 9.78 Å². The molecule has 0 amide bonds. The number of benzene rings is 1. The van der Waals surface area contributed by atoms with Crippen LogP contribution in [0.4, 0.5) is 0 Å². The molecule has 82 valence electrons. The van der Waals surface area contributed by atoms with Crippen molar-refractivity contribution in [3.05, 3.63) is 41.1 Å². The quantitative estimate of drug-likeness (QED) is 0.716. The highest BCUT2D eigenvalue weighted by molar-refractivity contribution is 5.97. The van der Waals surface area contributed by atoms with Crippen molar-refractivity contribution in [3.63, 3.8) is 0 Å². The Morgan fingerprint density at radius 3 is 2.69 bits per heavy atom. The number of aromatic nitrogens is 1. The van der Waals surface area contributed by atoms with Crippen molar-refractivity contribution < 1.29 is 4.79 Å². The van der Waals surface area contributed by atoms with Crippen molar-refractivity contribution in [2.75, 3.05) is 0 Å². The SMILES string of the molecule is CCc1nc2ccc(C(C)=O)cc2cc1C. The van der Waals surface area contributed by atoms with Crippen LogP contribution in [0.3, 0.4) is 0 Å². The van der Waals surface area contributed by atoms with E-state index in [0.29, 0.717) is 0 Å². The van der Waals surface area contributed by atoms with Crippen LogP contribution in [0.1, 0.15) is 35.5 Å². The summed E-state index contributed by atoms with van der Waals surface area (Å²) in [7, 11) is 0. The lowest BCUT2D eigenvalue weighted by molar-refractivity contribution is 0.101. The summed E-state index contributed by atoms with van der Waals surface area (Å²) in [6, 6.07) is 7.78. The van der Waals surface area contributed by atoms with Crippen LogP contribution in [-0.4, -0.2) is 10.8 Å². The zero-order chi connectivity index (χ0) is 11.7. The third kappa shape index (κ3) is 1.83. The lowest BCUT2D eigenvalue weighted by Gasteiger charge is -2.06. The average Bonchev–Trinajstić information content (AvgIpc) is 2.27. The van der Waals surface area contributed by atoms with Gasteiger partial charge in [0.05, 0.1) is 5.52 Å². The molecule has 0 spiro atoms. The summed E-state index contributed by atoms with van der Waals surface area (Å²) in [6.07, 6.45) is 0.941. The van der Waals surface area contributed by atoms with Crippen molar-refractivity contribution in [1.82, 2.24) is 4.98 Å².